The molecular formula is C30H49NO8. The van der Waals surface area contributed by atoms with Gasteiger partial charge in [0.1, 0.15) is 5.75 Å². The standard InChI is InChI=1S/C30H49NO8/c1-31-8-7-30-23-26(5-6-27(30)29(31)21-24-3-4-25(32)22-28(24)30)39-20-19-38-18-17-37-16-15-36-14-13-35-12-11-34-10-9-33-2/h3-4,22,26-27,29,32H,5-21,23H2,1-2H3/t26-,27-,29+,30-/m0/s1. The first-order chi connectivity index (χ1) is 19.1. The Kier molecular flexibility index (Phi) is 12.7. The lowest BCUT2D eigenvalue weighted by Crippen LogP contribution is -2.61. The molecule has 0 amide bonds. The van der Waals surface area contributed by atoms with Gasteiger partial charge in [-0.3, -0.25) is 0 Å². The Hall–Kier alpha value is -1.30. The van der Waals surface area contributed by atoms with Crippen LogP contribution in [0.4, 0.5) is 0 Å². The fourth-order valence-electron chi connectivity index (χ4n) is 6.71. The summed E-state index contributed by atoms with van der Waals surface area (Å²) in [5.41, 5.74) is 2.90. The van der Waals surface area contributed by atoms with E-state index in [-0.39, 0.29) is 11.5 Å². The van der Waals surface area contributed by atoms with Gasteiger partial charge < -0.3 is 43.2 Å². The van der Waals surface area contributed by atoms with Crippen molar-refractivity contribution in [2.24, 2.45) is 5.92 Å². The third-order valence-electron chi connectivity index (χ3n) is 8.60. The number of methoxy groups -OCH3 is 1. The van der Waals surface area contributed by atoms with E-state index in [2.05, 4.69) is 18.0 Å². The molecule has 2 fully saturated rings. The van der Waals surface area contributed by atoms with Crippen LogP contribution in [0, 0.1) is 5.92 Å². The van der Waals surface area contributed by atoms with E-state index in [9.17, 15) is 5.11 Å². The van der Waals surface area contributed by atoms with Crippen molar-refractivity contribution in [1.82, 2.24) is 4.90 Å². The summed E-state index contributed by atoms with van der Waals surface area (Å²) in [5, 5.41) is 10.3. The number of likely N-dealkylation sites (N-methyl/N-ethyl adjacent to an activating group) is 1. The molecule has 1 N–H and O–H groups in total. The average molecular weight is 552 g/mol. The number of rotatable bonds is 19. The number of likely N-dealkylation sites (tertiary alicyclic amines) is 1. The second-order valence-electron chi connectivity index (χ2n) is 10.9. The molecular weight excluding hydrogens is 502 g/mol. The Morgan fingerprint density at radius 2 is 1.41 bits per heavy atom. The summed E-state index contributed by atoms with van der Waals surface area (Å²) in [6.07, 6.45) is 5.78. The van der Waals surface area contributed by atoms with Gasteiger partial charge in [-0.25, -0.2) is 0 Å². The predicted octanol–water partition coefficient (Wildman–Crippen LogP) is 2.80. The summed E-state index contributed by atoms with van der Waals surface area (Å²) in [6, 6.07) is 6.61. The Morgan fingerprint density at radius 1 is 0.821 bits per heavy atom. The van der Waals surface area contributed by atoms with E-state index in [0.29, 0.717) is 97.0 Å². The van der Waals surface area contributed by atoms with E-state index in [1.165, 1.54) is 17.5 Å². The zero-order valence-corrected chi connectivity index (χ0v) is 23.9. The molecule has 0 unspecified atom stereocenters. The molecule has 0 aromatic heterocycles. The molecule has 2 bridgehead atoms. The largest absolute Gasteiger partial charge is 0.508 e. The Balaban J connectivity index is 1.03. The van der Waals surface area contributed by atoms with Crippen molar-refractivity contribution in [3.05, 3.63) is 29.3 Å². The number of hydrogen-bond acceptors (Lipinski definition) is 9. The highest BCUT2D eigenvalue weighted by Crippen LogP contribution is 2.56. The molecule has 1 aromatic rings. The highest BCUT2D eigenvalue weighted by atomic mass is 16.6. The zero-order valence-electron chi connectivity index (χ0n) is 23.9. The van der Waals surface area contributed by atoms with Gasteiger partial charge in [-0.1, -0.05) is 6.07 Å². The van der Waals surface area contributed by atoms with Gasteiger partial charge in [-0.15, -0.1) is 0 Å². The van der Waals surface area contributed by atoms with Gasteiger partial charge in [0.05, 0.1) is 85.4 Å². The van der Waals surface area contributed by atoms with E-state index < -0.39 is 0 Å². The lowest BCUT2D eigenvalue weighted by Gasteiger charge is -2.59. The van der Waals surface area contributed by atoms with Crippen LogP contribution in [0.5, 0.6) is 5.75 Å². The fraction of sp³-hybridized carbons (Fsp3) is 0.800. The lowest BCUT2D eigenvalue weighted by atomic mass is 9.52. The molecule has 0 spiro atoms. The maximum Gasteiger partial charge on any atom is 0.115 e. The van der Waals surface area contributed by atoms with Crippen LogP contribution < -0.4 is 0 Å². The number of phenolic OH excluding ortho intramolecular Hbond substituents is 1. The van der Waals surface area contributed by atoms with E-state index in [1.54, 1.807) is 7.11 Å². The maximum absolute atomic E-state index is 10.3. The number of aromatic hydroxyl groups is 1. The Labute approximate surface area is 234 Å². The monoisotopic (exact) mass is 551 g/mol. The molecule has 1 saturated carbocycles. The van der Waals surface area contributed by atoms with Crippen molar-refractivity contribution in [2.75, 3.05) is 100.0 Å². The number of hydrogen-bond donors (Lipinski definition) is 1. The van der Waals surface area contributed by atoms with Gasteiger partial charge >= 0.3 is 0 Å². The molecule has 2 aliphatic carbocycles. The van der Waals surface area contributed by atoms with Crippen molar-refractivity contribution in [2.45, 2.75) is 49.7 Å². The Bertz CT molecular complexity index is 841. The second kappa shape index (κ2) is 16.2. The second-order valence-corrected chi connectivity index (χ2v) is 10.9. The number of piperidine rings is 1. The lowest BCUT2D eigenvalue weighted by molar-refractivity contribution is -0.0774. The molecule has 39 heavy (non-hydrogen) atoms. The van der Waals surface area contributed by atoms with Gasteiger partial charge in [-0.2, -0.15) is 0 Å². The van der Waals surface area contributed by atoms with E-state index >= 15 is 0 Å². The number of fused-ring (bicyclic) bond motifs is 1. The van der Waals surface area contributed by atoms with E-state index in [0.717, 1.165) is 32.2 Å². The van der Waals surface area contributed by atoms with Crippen LogP contribution >= 0.6 is 0 Å². The summed E-state index contributed by atoms with van der Waals surface area (Å²) in [7, 11) is 3.93. The van der Waals surface area contributed by atoms with Crippen LogP contribution in [0.3, 0.4) is 0 Å². The van der Waals surface area contributed by atoms with E-state index in [1.807, 2.05) is 12.1 Å². The van der Waals surface area contributed by atoms with Gasteiger partial charge in [0.15, 0.2) is 0 Å². The van der Waals surface area contributed by atoms with Crippen molar-refractivity contribution in [3.8, 4) is 5.75 Å². The van der Waals surface area contributed by atoms with Gasteiger partial charge in [0.2, 0.25) is 0 Å². The SMILES string of the molecule is COCCOCCOCCOCCOCCOCCO[C@H]1CC[C@H]2[C@H]3Cc4ccc(O)cc4[C@@]2(CCN3C)C1. The zero-order chi connectivity index (χ0) is 27.3. The van der Waals surface area contributed by atoms with Crippen molar-refractivity contribution >= 4 is 0 Å². The quantitative estimate of drug-likeness (QED) is 0.261. The highest BCUT2D eigenvalue weighted by Gasteiger charge is 2.55. The fourth-order valence-corrected chi connectivity index (χ4v) is 6.71. The normalized spacial score (nSPS) is 26.4. The minimum Gasteiger partial charge on any atom is -0.508 e. The van der Waals surface area contributed by atoms with Crippen LogP contribution in [-0.4, -0.2) is 122 Å². The van der Waals surface area contributed by atoms with Gasteiger partial charge in [0, 0.05) is 18.6 Å². The van der Waals surface area contributed by atoms with Crippen LogP contribution in [0.25, 0.3) is 0 Å². The Morgan fingerprint density at radius 3 is 2.03 bits per heavy atom. The number of benzene rings is 1. The summed E-state index contributed by atoms with van der Waals surface area (Å²) in [6.45, 7) is 7.86. The van der Waals surface area contributed by atoms with Gasteiger partial charge in [0.25, 0.3) is 0 Å². The summed E-state index contributed by atoms with van der Waals surface area (Å²) in [5.74, 6) is 1.02. The molecule has 4 atom stereocenters. The van der Waals surface area contributed by atoms with Gasteiger partial charge in [-0.05, 0) is 74.9 Å². The third kappa shape index (κ3) is 8.60. The minimum atomic E-state index is 0.119. The van der Waals surface area contributed by atoms with Crippen molar-refractivity contribution in [1.29, 1.82) is 0 Å². The summed E-state index contributed by atoms with van der Waals surface area (Å²) in [4.78, 5) is 2.56. The van der Waals surface area contributed by atoms with E-state index in [4.69, 9.17) is 33.2 Å². The molecule has 1 aliphatic heterocycles. The molecule has 1 heterocycles. The topological polar surface area (TPSA) is 88.1 Å². The molecule has 1 saturated heterocycles. The number of ether oxygens (including phenoxy) is 7. The van der Waals surface area contributed by atoms with Crippen LogP contribution in [0.2, 0.25) is 0 Å². The van der Waals surface area contributed by atoms with Crippen LogP contribution in [-0.2, 0) is 45.0 Å². The summed E-state index contributed by atoms with van der Waals surface area (Å²) >= 11 is 0. The maximum atomic E-state index is 10.3. The van der Waals surface area contributed by atoms with Crippen LogP contribution in [0.1, 0.15) is 36.8 Å². The molecule has 3 aliphatic rings. The van der Waals surface area contributed by atoms with Crippen molar-refractivity contribution in [3.63, 3.8) is 0 Å². The van der Waals surface area contributed by atoms with Crippen LogP contribution in [0.15, 0.2) is 18.2 Å². The third-order valence-corrected chi connectivity index (χ3v) is 8.60. The number of nitrogens with zero attached hydrogens (tertiary/aromatic N) is 1. The molecule has 9 heteroatoms. The molecule has 9 nitrogen and oxygen atoms in total. The smallest absolute Gasteiger partial charge is 0.115 e. The first-order valence-corrected chi connectivity index (χ1v) is 14.7. The number of phenols is 1. The predicted molar refractivity (Wildman–Crippen MR) is 148 cm³/mol. The highest BCUT2D eigenvalue weighted by molar-refractivity contribution is 5.45. The first-order valence-electron chi connectivity index (χ1n) is 14.7. The average Bonchev–Trinajstić information content (AvgIpc) is 2.94. The van der Waals surface area contributed by atoms with Crippen molar-refractivity contribution < 1.29 is 38.3 Å². The molecule has 4 rings (SSSR count). The molecule has 1 aromatic carbocycles. The first kappa shape index (κ1) is 30.7. The molecule has 0 radical (unpaired) electrons. The minimum absolute atomic E-state index is 0.119. The molecule has 222 valence electrons. The summed E-state index contributed by atoms with van der Waals surface area (Å²) < 4.78 is 38.8.